The van der Waals surface area contributed by atoms with Crippen LogP contribution in [0.3, 0.4) is 0 Å². The van der Waals surface area contributed by atoms with Crippen LogP contribution < -0.4 is 0 Å². The minimum absolute atomic E-state index is 0.114. The highest BCUT2D eigenvalue weighted by Gasteiger charge is 2.47. The molecule has 1 saturated heterocycles. The monoisotopic (exact) mass is 285 g/mol. The summed E-state index contributed by atoms with van der Waals surface area (Å²) in [5, 5.41) is 4.44. The molecule has 1 amide bonds. The van der Waals surface area contributed by atoms with E-state index in [1.165, 1.54) is 12.8 Å². The number of allylic oxidation sites excluding steroid dienone is 2. The molecule has 4 aliphatic rings. The summed E-state index contributed by atoms with van der Waals surface area (Å²) in [5.41, 5.74) is 0.600. The standard InChI is InChI=1S/C17H23N3O/c1-11(2)20-8-7-16(18-20)17(21)19-9-14-12-3-4-13(6-5-12)15(14)10-19/h3-4,7-8,11-15H,5-6,9-10H2,1-2H3/t12-,13-,14-,15-/m0/s1. The first-order valence-corrected chi connectivity index (χ1v) is 8.16. The van der Waals surface area contributed by atoms with Gasteiger partial charge in [-0.2, -0.15) is 5.10 Å². The van der Waals surface area contributed by atoms with Crippen molar-refractivity contribution in [2.24, 2.45) is 23.7 Å². The second-order valence-corrected chi connectivity index (χ2v) is 7.10. The fourth-order valence-electron chi connectivity index (χ4n) is 4.40. The highest BCUT2D eigenvalue weighted by Crippen LogP contribution is 2.48. The molecular weight excluding hydrogens is 262 g/mol. The Morgan fingerprint density at radius 2 is 1.81 bits per heavy atom. The molecule has 0 aromatic carbocycles. The maximum atomic E-state index is 12.7. The normalized spacial score (nSPS) is 33.8. The van der Waals surface area contributed by atoms with Crippen molar-refractivity contribution in [3.05, 3.63) is 30.1 Å². The number of hydrogen-bond donors (Lipinski definition) is 0. The third-order valence-electron chi connectivity index (χ3n) is 5.59. The lowest BCUT2D eigenvalue weighted by molar-refractivity contribution is 0.0775. The lowest BCUT2D eigenvalue weighted by Gasteiger charge is -2.40. The summed E-state index contributed by atoms with van der Waals surface area (Å²) in [5.74, 6) is 2.88. The number of likely N-dealkylation sites (tertiary alicyclic amines) is 1. The molecule has 0 spiro atoms. The first kappa shape index (κ1) is 13.1. The number of fused-ring (bicyclic) bond motifs is 1. The van der Waals surface area contributed by atoms with Crippen molar-refractivity contribution in [2.75, 3.05) is 13.1 Å². The van der Waals surface area contributed by atoms with Gasteiger partial charge in [0.1, 0.15) is 5.69 Å². The van der Waals surface area contributed by atoms with E-state index in [1.807, 2.05) is 21.8 Å². The zero-order valence-electron chi connectivity index (χ0n) is 12.8. The largest absolute Gasteiger partial charge is 0.337 e. The number of hydrogen-bond acceptors (Lipinski definition) is 2. The van der Waals surface area contributed by atoms with Gasteiger partial charge in [0.15, 0.2) is 0 Å². The molecule has 4 atom stereocenters. The summed E-state index contributed by atoms with van der Waals surface area (Å²) >= 11 is 0. The number of aromatic nitrogens is 2. The van der Waals surface area contributed by atoms with Crippen LogP contribution in [0.4, 0.5) is 0 Å². The molecule has 2 bridgehead atoms. The van der Waals surface area contributed by atoms with Gasteiger partial charge in [-0.3, -0.25) is 9.48 Å². The van der Waals surface area contributed by atoms with Crippen molar-refractivity contribution in [1.82, 2.24) is 14.7 Å². The highest BCUT2D eigenvalue weighted by molar-refractivity contribution is 5.92. The molecule has 1 aromatic heterocycles. The molecule has 2 fully saturated rings. The topological polar surface area (TPSA) is 38.1 Å². The second kappa shape index (κ2) is 4.72. The number of rotatable bonds is 2. The fraction of sp³-hybridized carbons (Fsp3) is 0.647. The molecule has 5 rings (SSSR count). The van der Waals surface area contributed by atoms with E-state index in [1.54, 1.807) is 0 Å². The van der Waals surface area contributed by atoms with Gasteiger partial charge in [0.05, 0.1) is 0 Å². The Kier molecular flexibility index (Phi) is 2.95. The lowest BCUT2D eigenvalue weighted by Crippen LogP contribution is -2.35. The Morgan fingerprint density at radius 3 is 2.29 bits per heavy atom. The van der Waals surface area contributed by atoms with Gasteiger partial charge in [0.2, 0.25) is 0 Å². The van der Waals surface area contributed by atoms with Gasteiger partial charge in [-0.05, 0) is 56.4 Å². The first-order chi connectivity index (χ1) is 10.1. The maximum absolute atomic E-state index is 12.7. The van der Waals surface area contributed by atoms with E-state index in [0.29, 0.717) is 35.4 Å². The van der Waals surface area contributed by atoms with Crippen molar-refractivity contribution >= 4 is 5.91 Å². The van der Waals surface area contributed by atoms with Crippen LogP contribution in [0.25, 0.3) is 0 Å². The molecule has 0 unspecified atom stereocenters. The number of carbonyl (C=O) groups excluding carboxylic acids is 1. The van der Waals surface area contributed by atoms with Gasteiger partial charge >= 0.3 is 0 Å². The Bertz CT molecular complexity index is 567. The van der Waals surface area contributed by atoms with Gasteiger partial charge in [-0.1, -0.05) is 12.2 Å². The van der Waals surface area contributed by atoms with E-state index in [2.05, 4.69) is 31.1 Å². The molecule has 2 heterocycles. The van der Waals surface area contributed by atoms with Crippen molar-refractivity contribution in [2.45, 2.75) is 32.7 Å². The number of carbonyl (C=O) groups is 1. The van der Waals surface area contributed by atoms with Gasteiger partial charge in [-0.25, -0.2) is 0 Å². The maximum Gasteiger partial charge on any atom is 0.274 e. The lowest BCUT2D eigenvalue weighted by atomic mass is 9.64. The van der Waals surface area contributed by atoms with E-state index in [9.17, 15) is 4.79 Å². The van der Waals surface area contributed by atoms with E-state index in [4.69, 9.17) is 0 Å². The smallest absolute Gasteiger partial charge is 0.274 e. The summed E-state index contributed by atoms with van der Waals surface area (Å²) in [7, 11) is 0. The molecule has 21 heavy (non-hydrogen) atoms. The van der Waals surface area contributed by atoms with E-state index in [0.717, 1.165) is 13.1 Å². The third kappa shape index (κ3) is 2.03. The van der Waals surface area contributed by atoms with Crippen LogP contribution in [-0.4, -0.2) is 33.7 Å². The molecule has 112 valence electrons. The van der Waals surface area contributed by atoms with Crippen LogP contribution in [0.2, 0.25) is 0 Å². The molecule has 3 aliphatic carbocycles. The van der Waals surface area contributed by atoms with Crippen LogP contribution in [0.1, 0.15) is 43.2 Å². The zero-order chi connectivity index (χ0) is 14.6. The fourth-order valence-corrected chi connectivity index (χ4v) is 4.40. The summed E-state index contributed by atoms with van der Waals surface area (Å²) in [4.78, 5) is 14.7. The van der Waals surface area contributed by atoms with Crippen LogP contribution in [0.5, 0.6) is 0 Å². The van der Waals surface area contributed by atoms with E-state index in [-0.39, 0.29) is 5.91 Å². The predicted octanol–water partition coefficient (Wildman–Crippen LogP) is 2.75. The Balaban J connectivity index is 1.52. The first-order valence-electron chi connectivity index (χ1n) is 8.16. The molecular formula is C17H23N3O. The van der Waals surface area contributed by atoms with Gasteiger partial charge < -0.3 is 4.90 Å². The van der Waals surface area contributed by atoms with E-state index >= 15 is 0 Å². The Morgan fingerprint density at radius 1 is 1.19 bits per heavy atom. The predicted molar refractivity (Wildman–Crippen MR) is 80.8 cm³/mol. The molecule has 1 aromatic rings. The van der Waals surface area contributed by atoms with Crippen LogP contribution in [-0.2, 0) is 0 Å². The summed E-state index contributed by atoms with van der Waals surface area (Å²) < 4.78 is 1.86. The van der Waals surface area contributed by atoms with Crippen molar-refractivity contribution in [3.8, 4) is 0 Å². The van der Waals surface area contributed by atoms with Gasteiger partial charge in [0.25, 0.3) is 5.91 Å². The molecule has 4 heteroatoms. The van der Waals surface area contributed by atoms with Crippen molar-refractivity contribution in [3.63, 3.8) is 0 Å². The molecule has 1 saturated carbocycles. The van der Waals surface area contributed by atoms with E-state index < -0.39 is 0 Å². The summed E-state index contributed by atoms with van der Waals surface area (Å²) in [6.45, 7) is 6.00. The number of nitrogens with zero attached hydrogens (tertiary/aromatic N) is 3. The van der Waals surface area contributed by atoms with Crippen LogP contribution in [0, 0.1) is 23.7 Å². The minimum atomic E-state index is 0.114. The molecule has 0 N–H and O–H groups in total. The zero-order valence-corrected chi connectivity index (χ0v) is 12.8. The SMILES string of the molecule is CC(C)n1ccc(C(=O)N2C[C@@H]3[C@@H](C2)[C@H]2C=C[C@H]3CC2)n1. The van der Waals surface area contributed by atoms with Crippen LogP contribution in [0.15, 0.2) is 24.4 Å². The Hall–Kier alpha value is -1.58. The summed E-state index contributed by atoms with van der Waals surface area (Å²) in [6.07, 6.45) is 9.33. The number of amides is 1. The average molecular weight is 285 g/mol. The quantitative estimate of drug-likeness (QED) is 0.784. The molecule has 1 aliphatic heterocycles. The molecule has 0 radical (unpaired) electrons. The van der Waals surface area contributed by atoms with Gasteiger partial charge in [-0.15, -0.1) is 0 Å². The minimum Gasteiger partial charge on any atom is -0.337 e. The van der Waals surface area contributed by atoms with Crippen LogP contribution >= 0.6 is 0 Å². The average Bonchev–Trinajstić information content (AvgIpc) is 3.16. The second-order valence-electron chi connectivity index (χ2n) is 7.10. The van der Waals surface area contributed by atoms with Crippen molar-refractivity contribution in [1.29, 1.82) is 0 Å². The third-order valence-corrected chi connectivity index (χ3v) is 5.59. The van der Waals surface area contributed by atoms with Crippen molar-refractivity contribution < 1.29 is 4.79 Å². The summed E-state index contributed by atoms with van der Waals surface area (Å²) in [6, 6.07) is 2.16. The Labute approximate surface area is 125 Å². The highest BCUT2D eigenvalue weighted by atomic mass is 16.2. The molecule has 4 nitrogen and oxygen atoms in total. The van der Waals surface area contributed by atoms with Gasteiger partial charge in [0, 0.05) is 25.3 Å².